The number of nitrogens with one attached hydrogen (secondary N) is 1. The molecule has 3 N–H and O–H groups in total. The summed E-state index contributed by atoms with van der Waals surface area (Å²) >= 11 is 0. The average Bonchev–Trinajstić information content (AvgIpc) is 2.41. The quantitative estimate of drug-likeness (QED) is 0.808. The zero-order valence-electron chi connectivity index (χ0n) is 11.8. The maximum Gasteiger partial charge on any atom is 0.221 e. The molecule has 0 aliphatic carbocycles. The fourth-order valence-electron chi connectivity index (χ4n) is 1.93. The Morgan fingerprint density at radius 2 is 1.79 bits per heavy atom. The minimum atomic E-state index is -0.215. The van der Waals surface area contributed by atoms with Crippen LogP contribution in [0.25, 0.3) is 0 Å². The van der Waals surface area contributed by atoms with Gasteiger partial charge in [-0.15, -0.1) is 12.4 Å². The molecule has 0 aromatic heterocycles. The van der Waals surface area contributed by atoms with Crippen LogP contribution in [-0.4, -0.2) is 12.5 Å². The Labute approximate surface area is 122 Å². The zero-order valence-corrected chi connectivity index (χ0v) is 12.6. The van der Waals surface area contributed by atoms with E-state index in [-0.39, 0.29) is 24.4 Å². The molecule has 0 fully saturated rings. The SMILES string of the molecule is CCC(CC)CNC(=O)CC(N)c1ccccc1.Cl. The van der Waals surface area contributed by atoms with E-state index in [2.05, 4.69) is 19.2 Å². The van der Waals surface area contributed by atoms with E-state index in [1.807, 2.05) is 30.3 Å². The number of carbonyl (C=O) groups is 1. The summed E-state index contributed by atoms with van der Waals surface area (Å²) in [5.74, 6) is 0.611. The Kier molecular flexibility index (Phi) is 9.27. The fraction of sp³-hybridized carbons (Fsp3) is 0.533. The van der Waals surface area contributed by atoms with Gasteiger partial charge in [0, 0.05) is 19.0 Å². The first-order valence-corrected chi connectivity index (χ1v) is 6.74. The van der Waals surface area contributed by atoms with Crippen molar-refractivity contribution < 1.29 is 4.79 Å². The molecule has 108 valence electrons. The van der Waals surface area contributed by atoms with E-state index in [0.29, 0.717) is 12.3 Å². The van der Waals surface area contributed by atoms with Crippen molar-refractivity contribution in [1.82, 2.24) is 5.32 Å². The van der Waals surface area contributed by atoms with Crippen molar-refractivity contribution in [1.29, 1.82) is 0 Å². The summed E-state index contributed by atoms with van der Waals surface area (Å²) in [5.41, 5.74) is 7.02. The lowest BCUT2D eigenvalue weighted by molar-refractivity contribution is -0.121. The minimum Gasteiger partial charge on any atom is -0.356 e. The number of hydrogen-bond acceptors (Lipinski definition) is 2. The first-order chi connectivity index (χ1) is 8.67. The Hall–Kier alpha value is -1.06. The molecule has 0 radical (unpaired) electrons. The van der Waals surface area contributed by atoms with Crippen molar-refractivity contribution in [2.24, 2.45) is 11.7 Å². The lowest BCUT2D eigenvalue weighted by Gasteiger charge is -2.15. The lowest BCUT2D eigenvalue weighted by atomic mass is 10.0. The molecule has 0 heterocycles. The fourth-order valence-corrected chi connectivity index (χ4v) is 1.93. The van der Waals surface area contributed by atoms with Crippen LogP contribution in [0.5, 0.6) is 0 Å². The molecule has 19 heavy (non-hydrogen) atoms. The van der Waals surface area contributed by atoms with Gasteiger partial charge in [-0.2, -0.15) is 0 Å². The molecule has 4 heteroatoms. The third kappa shape index (κ3) is 6.60. The van der Waals surface area contributed by atoms with Gasteiger partial charge in [-0.3, -0.25) is 4.79 Å². The number of nitrogens with two attached hydrogens (primary N) is 1. The van der Waals surface area contributed by atoms with Crippen LogP contribution in [0.4, 0.5) is 0 Å². The van der Waals surface area contributed by atoms with Crippen molar-refractivity contribution in [3.63, 3.8) is 0 Å². The minimum absolute atomic E-state index is 0. The maximum absolute atomic E-state index is 11.8. The second kappa shape index (κ2) is 9.82. The van der Waals surface area contributed by atoms with Crippen LogP contribution in [0.2, 0.25) is 0 Å². The van der Waals surface area contributed by atoms with Gasteiger partial charge >= 0.3 is 0 Å². The van der Waals surface area contributed by atoms with Gasteiger partial charge < -0.3 is 11.1 Å². The lowest BCUT2D eigenvalue weighted by Crippen LogP contribution is -2.31. The second-order valence-electron chi connectivity index (χ2n) is 4.71. The highest BCUT2D eigenvalue weighted by atomic mass is 35.5. The van der Waals surface area contributed by atoms with E-state index >= 15 is 0 Å². The summed E-state index contributed by atoms with van der Waals surface area (Å²) in [4.78, 5) is 11.8. The van der Waals surface area contributed by atoms with Crippen molar-refractivity contribution in [2.75, 3.05) is 6.54 Å². The average molecular weight is 285 g/mol. The highest BCUT2D eigenvalue weighted by Crippen LogP contribution is 2.13. The number of rotatable bonds is 7. The Morgan fingerprint density at radius 1 is 1.21 bits per heavy atom. The zero-order chi connectivity index (χ0) is 13.4. The van der Waals surface area contributed by atoms with Crippen molar-refractivity contribution in [2.45, 2.75) is 39.2 Å². The van der Waals surface area contributed by atoms with Gasteiger partial charge in [-0.05, 0) is 11.5 Å². The van der Waals surface area contributed by atoms with Crippen molar-refractivity contribution >= 4 is 18.3 Å². The van der Waals surface area contributed by atoms with Gasteiger partial charge in [0.1, 0.15) is 0 Å². The molecule has 1 aromatic rings. The molecule has 1 atom stereocenters. The van der Waals surface area contributed by atoms with Crippen LogP contribution < -0.4 is 11.1 Å². The normalized spacial score (nSPS) is 11.8. The molecule has 0 aliphatic heterocycles. The number of amides is 1. The number of hydrogen-bond donors (Lipinski definition) is 2. The summed E-state index contributed by atoms with van der Waals surface area (Å²) < 4.78 is 0. The van der Waals surface area contributed by atoms with Crippen LogP contribution in [0.15, 0.2) is 30.3 Å². The Morgan fingerprint density at radius 3 is 2.32 bits per heavy atom. The second-order valence-corrected chi connectivity index (χ2v) is 4.71. The topological polar surface area (TPSA) is 55.1 Å². The van der Waals surface area contributed by atoms with Gasteiger partial charge in [0.15, 0.2) is 0 Å². The maximum atomic E-state index is 11.8. The van der Waals surface area contributed by atoms with Crippen LogP contribution >= 0.6 is 12.4 Å². The molecule has 1 amide bonds. The molecule has 0 aliphatic rings. The third-order valence-electron chi connectivity index (χ3n) is 3.38. The van der Waals surface area contributed by atoms with Gasteiger partial charge in [0.25, 0.3) is 0 Å². The van der Waals surface area contributed by atoms with E-state index in [4.69, 9.17) is 5.73 Å². The molecule has 0 saturated heterocycles. The summed E-state index contributed by atoms with van der Waals surface area (Å²) in [6.45, 7) is 5.05. The van der Waals surface area contributed by atoms with Gasteiger partial charge in [0.2, 0.25) is 5.91 Å². The van der Waals surface area contributed by atoms with Crippen molar-refractivity contribution in [3.8, 4) is 0 Å². The molecular weight excluding hydrogens is 260 g/mol. The molecule has 3 nitrogen and oxygen atoms in total. The highest BCUT2D eigenvalue weighted by Gasteiger charge is 2.12. The first-order valence-electron chi connectivity index (χ1n) is 6.74. The summed E-state index contributed by atoms with van der Waals surface area (Å²) in [7, 11) is 0. The van der Waals surface area contributed by atoms with Gasteiger partial charge in [-0.25, -0.2) is 0 Å². The smallest absolute Gasteiger partial charge is 0.221 e. The van der Waals surface area contributed by atoms with E-state index in [9.17, 15) is 4.79 Å². The number of halogens is 1. The Balaban J connectivity index is 0.00000324. The number of benzene rings is 1. The van der Waals surface area contributed by atoms with Crippen LogP contribution in [-0.2, 0) is 4.79 Å². The molecule has 0 bridgehead atoms. The van der Waals surface area contributed by atoms with Crippen molar-refractivity contribution in [3.05, 3.63) is 35.9 Å². The molecule has 1 unspecified atom stereocenters. The largest absolute Gasteiger partial charge is 0.356 e. The van der Waals surface area contributed by atoms with Crippen LogP contribution in [0.3, 0.4) is 0 Å². The summed E-state index contributed by atoms with van der Waals surface area (Å²) in [6.07, 6.45) is 2.55. The monoisotopic (exact) mass is 284 g/mol. The number of carbonyl (C=O) groups excluding carboxylic acids is 1. The predicted octanol–water partition coefficient (Wildman–Crippen LogP) is 3.05. The Bertz CT molecular complexity index is 352. The summed E-state index contributed by atoms with van der Waals surface area (Å²) in [5, 5.41) is 2.97. The molecule has 0 saturated carbocycles. The highest BCUT2D eigenvalue weighted by molar-refractivity contribution is 5.85. The summed E-state index contributed by atoms with van der Waals surface area (Å²) in [6, 6.07) is 9.53. The van der Waals surface area contributed by atoms with Crippen LogP contribution in [0.1, 0.15) is 44.7 Å². The van der Waals surface area contributed by atoms with E-state index in [1.54, 1.807) is 0 Å². The van der Waals surface area contributed by atoms with Crippen LogP contribution in [0, 0.1) is 5.92 Å². The van der Waals surface area contributed by atoms with Gasteiger partial charge in [-0.1, -0.05) is 57.0 Å². The van der Waals surface area contributed by atoms with E-state index < -0.39 is 0 Å². The van der Waals surface area contributed by atoms with E-state index in [1.165, 1.54) is 0 Å². The molecule has 1 aromatic carbocycles. The molecule has 1 rings (SSSR count). The first kappa shape index (κ1) is 17.9. The predicted molar refractivity (Wildman–Crippen MR) is 82.3 cm³/mol. The van der Waals surface area contributed by atoms with E-state index in [0.717, 1.165) is 24.9 Å². The molecular formula is C15H25ClN2O. The standard InChI is InChI=1S/C15H24N2O.ClH/c1-3-12(4-2)11-17-15(18)10-14(16)13-8-6-5-7-9-13;/h5-9,12,14H,3-4,10-11,16H2,1-2H3,(H,17,18);1H. The third-order valence-corrected chi connectivity index (χ3v) is 3.38. The molecule has 0 spiro atoms. The van der Waals surface area contributed by atoms with Gasteiger partial charge in [0.05, 0.1) is 0 Å².